The van der Waals surface area contributed by atoms with Crippen molar-refractivity contribution in [3.63, 3.8) is 0 Å². The average Bonchev–Trinajstić information content (AvgIpc) is 2.44. The van der Waals surface area contributed by atoms with Crippen LogP contribution in [0.5, 0.6) is 5.75 Å². The fourth-order valence-electron chi connectivity index (χ4n) is 1.72. The summed E-state index contributed by atoms with van der Waals surface area (Å²) in [5.74, 6) is -0.0467. The average molecular weight is 285 g/mol. The molecule has 1 atom stereocenters. The zero-order valence-corrected chi connectivity index (χ0v) is 12.4. The molecule has 0 fully saturated rings. The molecule has 114 valence electrons. The highest BCUT2D eigenvalue weighted by Crippen LogP contribution is 2.20. The van der Waals surface area contributed by atoms with Gasteiger partial charge in [0.1, 0.15) is 0 Å². The van der Waals surface area contributed by atoms with E-state index in [0.717, 1.165) is 18.5 Å². The maximum atomic E-state index is 13.9. The Kier molecular flexibility index (Phi) is 8.18. The molecule has 0 aliphatic carbocycles. The van der Waals surface area contributed by atoms with Crippen molar-refractivity contribution in [3.8, 4) is 5.75 Å². The summed E-state index contributed by atoms with van der Waals surface area (Å²) in [6.45, 7) is 4.49. The zero-order valence-electron chi connectivity index (χ0n) is 12.4. The molecule has 20 heavy (non-hydrogen) atoms. The number of halogens is 1. The molecule has 0 heterocycles. The fourth-order valence-corrected chi connectivity index (χ4v) is 1.72. The molecule has 1 rings (SSSR count). The summed E-state index contributed by atoms with van der Waals surface area (Å²) < 4.78 is 29.4. The monoisotopic (exact) mass is 285 g/mol. The van der Waals surface area contributed by atoms with Gasteiger partial charge in [-0.1, -0.05) is 6.07 Å². The smallest absolute Gasteiger partial charge is 0.165 e. The van der Waals surface area contributed by atoms with Crippen molar-refractivity contribution in [2.24, 2.45) is 0 Å². The van der Waals surface area contributed by atoms with Crippen LogP contribution in [0.4, 0.5) is 4.39 Å². The van der Waals surface area contributed by atoms with Gasteiger partial charge in [0.25, 0.3) is 0 Å². The highest BCUT2D eigenvalue weighted by Gasteiger charge is 2.09. The van der Waals surface area contributed by atoms with Crippen LogP contribution in [0.3, 0.4) is 0 Å². The van der Waals surface area contributed by atoms with Crippen molar-refractivity contribution in [2.75, 3.05) is 34.0 Å². The second-order valence-electron chi connectivity index (χ2n) is 4.64. The van der Waals surface area contributed by atoms with E-state index in [4.69, 9.17) is 14.2 Å². The van der Waals surface area contributed by atoms with Gasteiger partial charge in [-0.05, 0) is 24.6 Å². The van der Waals surface area contributed by atoms with E-state index in [1.807, 2.05) is 13.0 Å². The highest BCUT2D eigenvalue weighted by atomic mass is 19.1. The maximum Gasteiger partial charge on any atom is 0.165 e. The van der Waals surface area contributed by atoms with Crippen molar-refractivity contribution in [3.05, 3.63) is 29.6 Å². The molecule has 0 spiro atoms. The van der Waals surface area contributed by atoms with Gasteiger partial charge in [-0.3, -0.25) is 0 Å². The van der Waals surface area contributed by atoms with Crippen LogP contribution in [0.2, 0.25) is 0 Å². The van der Waals surface area contributed by atoms with Gasteiger partial charge < -0.3 is 19.5 Å². The van der Waals surface area contributed by atoms with Gasteiger partial charge >= 0.3 is 0 Å². The van der Waals surface area contributed by atoms with Gasteiger partial charge in [0.05, 0.1) is 12.7 Å². The van der Waals surface area contributed by atoms with Gasteiger partial charge in [0.15, 0.2) is 11.6 Å². The molecule has 1 aromatic carbocycles. The van der Waals surface area contributed by atoms with Crippen LogP contribution in [0.15, 0.2) is 18.2 Å². The van der Waals surface area contributed by atoms with Crippen LogP contribution < -0.4 is 10.1 Å². The number of benzene rings is 1. The van der Waals surface area contributed by atoms with Crippen LogP contribution in [-0.2, 0) is 16.0 Å². The Hall–Kier alpha value is -1.17. The Morgan fingerprint density at radius 2 is 1.95 bits per heavy atom. The topological polar surface area (TPSA) is 39.7 Å². The minimum atomic E-state index is -0.333. The first-order chi connectivity index (χ1) is 9.67. The van der Waals surface area contributed by atoms with E-state index < -0.39 is 0 Å². The third-order valence-corrected chi connectivity index (χ3v) is 2.87. The minimum absolute atomic E-state index is 0.0740. The van der Waals surface area contributed by atoms with Crippen LogP contribution >= 0.6 is 0 Å². The predicted octanol–water partition coefficient (Wildman–Crippen LogP) is 2.37. The van der Waals surface area contributed by atoms with Gasteiger partial charge in [-0.15, -0.1) is 0 Å². The Balaban J connectivity index is 2.46. The molecule has 0 bridgehead atoms. The maximum absolute atomic E-state index is 13.9. The molecule has 1 unspecified atom stereocenters. The summed E-state index contributed by atoms with van der Waals surface area (Å²) in [4.78, 5) is 0. The van der Waals surface area contributed by atoms with E-state index >= 15 is 0 Å². The molecule has 0 amide bonds. The SMILES string of the molecule is COCCNCc1ccc(OC(C)CCOC)c(F)c1. The van der Waals surface area contributed by atoms with Crippen LogP contribution in [0.25, 0.3) is 0 Å². The van der Waals surface area contributed by atoms with Gasteiger partial charge in [-0.2, -0.15) is 0 Å². The highest BCUT2D eigenvalue weighted by molar-refractivity contribution is 5.29. The Morgan fingerprint density at radius 3 is 2.60 bits per heavy atom. The Labute approximate surface area is 120 Å². The molecule has 0 aliphatic rings. The van der Waals surface area contributed by atoms with Crippen LogP contribution in [0.1, 0.15) is 18.9 Å². The standard InChI is InChI=1S/C15H24FNO3/c1-12(6-8-18-2)20-15-5-4-13(10-14(15)16)11-17-7-9-19-3/h4-5,10,12,17H,6-9,11H2,1-3H3. The summed E-state index contributed by atoms with van der Waals surface area (Å²) in [7, 11) is 3.29. The van der Waals surface area contributed by atoms with Crippen LogP contribution in [0, 0.1) is 5.82 Å². The number of nitrogens with one attached hydrogen (secondary N) is 1. The Bertz CT molecular complexity index is 387. The molecule has 1 aromatic rings. The Morgan fingerprint density at radius 1 is 1.20 bits per heavy atom. The lowest BCUT2D eigenvalue weighted by molar-refractivity contribution is 0.132. The lowest BCUT2D eigenvalue weighted by atomic mass is 10.2. The number of hydrogen-bond acceptors (Lipinski definition) is 4. The van der Waals surface area contributed by atoms with E-state index in [0.29, 0.717) is 19.8 Å². The van der Waals surface area contributed by atoms with E-state index in [1.54, 1.807) is 20.3 Å². The second kappa shape index (κ2) is 9.69. The first-order valence-corrected chi connectivity index (χ1v) is 6.81. The molecule has 0 radical (unpaired) electrons. The summed E-state index contributed by atoms with van der Waals surface area (Å²) >= 11 is 0. The summed E-state index contributed by atoms with van der Waals surface area (Å²) in [5.41, 5.74) is 0.885. The second-order valence-corrected chi connectivity index (χ2v) is 4.64. The van der Waals surface area contributed by atoms with E-state index in [1.165, 1.54) is 6.07 Å². The van der Waals surface area contributed by atoms with Crippen molar-refractivity contribution in [1.29, 1.82) is 0 Å². The van der Waals surface area contributed by atoms with Gasteiger partial charge in [0, 0.05) is 40.3 Å². The van der Waals surface area contributed by atoms with Crippen molar-refractivity contribution >= 4 is 0 Å². The summed E-state index contributed by atoms with van der Waals surface area (Å²) in [6.07, 6.45) is 0.658. The number of ether oxygens (including phenoxy) is 3. The van der Waals surface area contributed by atoms with E-state index in [-0.39, 0.29) is 17.7 Å². The quantitative estimate of drug-likeness (QED) is 0.670. The van der Waals surface area contributed by atoms with Gasteiger partial charge in [0.2, 0.25) is 0 Å². The van der Waals surface area contributed by atoms with Crippen molar-refractivity contribution in [1.82, 2.24) is 5.32 Å². The third kappa shape index (κ3) is 6.32. The number of methoxy groups -OCH3 is 2. The molecule has 0 aliphatic heterocycles. The summed E-state index contributed by atoms with van der Waals surface area (Å²) in [6, 6.07) is 5.03. The lowest BCUT2D eigenvalue weighted by Crippen LogP contribution is -2.19. The van der Waals surface area contributed by atoms with E-state index in [2.05, 4.69) is 5.32 Å². The number of rotatable bonds is 10. The summed E-state index contributed by atoms with van der Waals surface area (Å²) in [5, 5.41) is 3.17. The largest absolute Gasteiger partial charge is 0.488 e. The molecule has 0 saturated carbocycles. The first-order valence-electron chi connectivity index (χ1n) is 6.81. The molecular weight excluding hydrogens is 261 g/mol. The van der Waals surface area contributed by atoms with Crippen molar-refractivity contribution < 1.29 is 18.6 Å². The first kappa shape index (κ1) is 16.9. The molecule has 5 heteroatoms. The van der Waals surface area contributed by atoms with E-state index in [9.17, 15) is 4.39 Å². The molecule has 0 aromatic heterocycles. The van der Waals surface area contributed by atoms with Crippen molar-refractivity contribution in [2.45, 2.75) is 26.0 Å². The molecule has 1 N–H and O–H groups in total. The van der Waals surface area contributed by atoms with Gasteiger partial charge in [-0.25, -0.2) is 4.39 Å². The molecule has 4 nitrogen and oxygen atoms in total. The van der Waals surface area contributed by atoms with Crippen LogP contribution in [-0.4, -0.2) is 40.1 Å². The molecular formula is C15H24FNO3. The lowest BCUT2D eigenvalue weighted by Gasteiger charge is -2.15. The third-order valence-electron chi connectivity index (χ3n) is 2.87. The number of hydrogen-bond donors (Lipinski definition) is 1. The zero-order chi connectivity index (χ0) is 14.8. The minimum Gasteiger partial charge on any atom is -0.488 e. The normalized spacial score (nSPS) is 12.4. The molecule has 0 saturated heterocycles. The fraction of sp³-hybridized carbons (Fsp3) is 0.600. The predicted molar refractivity (Wildman–Crippen MR) is 76.6 cm³/mol.